The van der Waals surface area contributed by atoms with E-state index in [1.807, 2.05) is 48.5 Å². The van der Waals surface area contributed by atoms with Crippen LogP contribution in [0.25, 0.3) is 11.0 Å². The summed E-state index contributed by atoms with van der Waals surface area (Å²) in [5, 5.41) is 2.87. The second kappa shape index (κ2) is 7.82. The van der Waals surface area contributed by atoms with Crippen molar-refractivity contribution in [2.75, 3.05) is 19.4 Å². The van der Waals surface area contributed by atoms with Crippen LogP contribution in [-0.4, -0.2) is 40.8 Å². The van der Waals surface area contributed by atoms with Gasteiger partial charge in [0.1, 0.15) is 5.82 Å². The number of likely N-dealkylation sites (N-methyl/N-ethyl adjacent to an activating group) is 1. The minimum Gasteiger partial charge on any atom is -0.349 e. The zero-order chi connectivity index (χ0) is 18.5. The van der Waals surface area contributed by atoms with Crippen molar-refractivity contribution < 1.29 is 9.59 Å². The third kappa shape index (κ3) is 4.47. The maximum Gasteiger partial charge on any atom is 0.226 e. The topological polar surface area (TPSA) is 78.1 Å². The van der Waals surface area contributed by atoms with E-state index < -0.39 is 0 Å². The molecule has 0 radical (unpaired) electrons. The predicted molar refractivity (Wildman–Crippen MR) is 102 cm³/mol. The Bertz CT molecular complexity index is 880. The van der Waals surface area contributed by atoms with Crippen LogP contribution in [0.15, 0.2) is 48.5 Å². The summed E-state index contributed by atoms with van der Waals surface area (Å²) in [5.41, 5.74) is 3.53. The van der Waals surface area contributed by atoms with E-state index in [2.05, 4.69) is 15.3 Å². The molecule has 2 N–H and O–H groups in total. The first kappa shape index (κ1) is 17.7. The summed E-state index contributed by atoms with van der Waals surface area (Å²) in [6, 6.07) is 15.1. The number of hydrogen-bond acceptors (Lipinski definition) is 3. The van der Waals surface area contributed by atoms with Crippen LogP contribution in [-0.2, 0) is 22.4 Å². The summed E-state index contributed by atoms with van der Waals surface area (Å²) in [6.07, 6.45) is 1.25. The van der Waals surface area contributed by atoms with Gasteiger partial charge < -0.3 is 15.2 Å². The molecule has 0 spiro atoms. The quantitative estimate of drug-likeness (QED) is 0.717. The summed E-state index contributed by atoms with van der Waals surface area (Å²) in [7, 11) is 3.47. The lowest BCUT2D eigenvalue weighted by Crippen LogP contribution is -2.23. The third-order valence-corrected chi connectivity index (χ3v) is 4.12. The van der Waals surface area contributed by atoms with E-state index in [1.54, 1.807) is 19.0 Å². The molecule has 1 aromatic heterocycles. The number of imidazole rings is 1. The van der Waals surface area contributed by atoms with Crippen LogP contribution >= 0.6 is 0 Å². The summed E-state index contributed by atoms with van der Waals surface area (Å²) >= 11 is 0. The number of anilines is 1. The highest BCUT2D eigenvalue weighted by Gasteiger charge is 2.08. The molecule has 1 heterocycles. The molecule has 0 aliphatic heterocycles. The summed E-state index contributed by atoms with van der Waals surface area (Å²) in [6.45, 7) is 0. The molecular weight excluding hydrogens is 328 g/mol. The van der Waals surface area contributed by atoms with Gasteiger partial charge in [-0.1, -0.05) is 24.3 Å². The molecule has 6 nitrogen and oxygen atoms in total. The zero-order valence-corrected chi connectivity index (χ0v) is 15.0. The van der Waals surface area contributed by atoms with E-state index >= 15 is 0 Å². The van der Waals surface area contributed by atoms with Crippen molar-refractivity contribution in [3.05, 3.63) is 59.9 Å². The van der Waals surface area contributed by atoms with Crippen LogP contribution in [0.1, 0.15) is 17.8 Å². The van der Waals surface area contributed by atoms with Crippen molar-refractivity contribution in [1.29, 1.82) is 0 Å². The molecule has 0 saturated carbocycles. The first-order chi connectivity index (χ1) is 12.5. The van der Waals surface area contributed by atoms with Crippen LogP contribution in [0.2, 0.25) is 0 Å². The average Bonchev–Trinajstić information content (AvgIpc) is 3.04. The highest BCUT2D eigenvalue weighted by Crippen LogP contribution is 2.13. The molecular formula is C20H22N4O2. The van der Waals surface area contributed by atoms with Crippen molar-refractivity contribution >= 4 is 28.5 Å². The van der Waals surface area contributed by atoms with Crippen molar-refractivity contribution in [1.82, 2.24) is 14.9 Å². The molecule has 2 aromatic carbocycles. The Morgan fingerprint density at radius 3 is 2.50 bits per heavy atom. The lowest BCUT2D eigenvalue weighted by atomic mass is 10.1. The number of nitrogens with zero attached hydrogens (tertiary/aromatic N) is 2. The van der Waals surface area contributed by atoms with Crippen LogP contribution in [0.4, 0.5) is 5.69 Å². The van der Waals surface area contributed by atoms with E-state index in [0.717, 1.165) is 28.1 Å². The molecule has 26 heavy (non-hydrogen) atoms. The summed E-state index contributed by atoms with van der Waals surface area (Å²) < 4.78 is 0. The number of aromatic amines is 1. The lowest BCUT2D eigenvalue weighted by molar-refractivity contribution is -0.128. The molecule has 0 aliphatic carbocycles. The molecule has 3 aromatic rings. The van der Waals surface area contributed by atoms with E-state index in [0.29, 0.717) is 19.3 Å². The number of amides is 2. The zero-order valence-electron chi connectivity index (χ0n) is 15.0. The standard InChI is InChI=1S/C20H22N4O2/c1-24(2)20(26)13-14-7-9-15(10-8-14)21-19(25)12-11-18-22-16-5-3-4-6-17(16)23-18/h3-10H,11-13H2,1-2H3,(H,21,25)(H,22,23). The van der Waals surface area contributed by atoms with Gasteiger partial charge >= 0.3 is 0 Å². The largest absolute Gasteiger partial charge is 0.349 e. The second-order valence-corrected chi connectivity index (χ2v) is 6.41. The molecule has 2 amide bonds. The van der Waals surface area contributed by atoms with E-state index in [1.165, 1.54) is 0 Å². The molecule has 3 rings (SSSR count). The fraction of sp³-hybridized carbons (Fsp3) is 0.250. The number of aryl methyl sites for hydroxylation is 1. The molecule has 0 unspecified atom stereocenters. The van der Waals surface area contributed by atoms with Gasteiger partial charge in [0, 0.05) is 32.6 Å². The van der Waals surface area contributed by atoms with Crippen molar-refractivity contribution in [3.63, 3.8) is 0 Å². The Kier molecular flexibility index (Phi) is 5.31. The van der Waals surface area contributed by atoms with Crippen molar-refractivity contribution in [2.24, 2.45) is 0 Å². The minimum atomic E-state index is -0.0671. The number of H-pyrrole nitrogens is 1. The highest BCUT2D eigenvalue weighted by atomic mass is 16.2. The van der Waals surface area contributed by atoms with Gasteiger partial charge in [-0.3, -0.25) is 9.59 Å². The molecule has 134 valence electrons. The fourth-order valence-corrected chi connectivity index (χ4v) is 2.62. The predicted octanol–water partition coefficient (Wildman–Crippen LogP) is 2.76. The first-order valence-corrected chi connectivity index (χ1v) is 8.54. The number of benzene rings is 2. The van der Waals surface area contributed by atoms with Crippen molar-refractivity contribution in [2.45, 2.75) is 19.3 Å². The van der Waals surface area contributed by atoms with Gasteiger partial charge in [0.2, 0.25) is 11.8 Å². The van der Waals surface area contributed by atoms with Crippen LogP contribution in [0.3, 0.4) is 0 Å². The average molecular weight is 350 g/mol. The minimum absolute atomic E-state index is 0.0487. The Balaban J connectivity index is 1.52. The fourth-order valence-electron chi connectivity index (χ4n) is 2.62. The number of carbonyl (C=O) groups is 2. The van der Waals surface area contributed by atoms with Gasteiger partial charge in [-0.05, 0) is 29.8 Å². The number of para-hydroxylation sites is 2. The molecule has 0 saturated heterocycles. The van der Waals surface area contributed by atoms with Gasteiger partial charge in [-0.15, -0.1) is 0 Å². The second-order valence-electron chi connectivity index (χ2n) is 6.41. The molecule has 6 heteroatoms. The normalized spacial score (nSPS) is 10.7. The maximum atomic E-state index is 12.1. The first-order valence-electron chi connectivity index (χ1n) is 8.54. The molecule has 0 fully saturated rings. The Hall–Kier alpha value is -3.15. The summed E-state index contributed by atoms with van der Waals surface area (Å²) in [4.78, 5) is 33.1. The van der Waals surface area contributed by atoms with Crippen LogP contribution < -0.4 is 5.32 Å². The van der Waals surface area contributed by atoms with E-state index in [9.17, 15) is 9.59 Å². The molecule has 0 atom stereocenters. The van der Waals surface area contributed by atoms with E-state index in [4.69, 9.17) is 0 Å². The monoisotopic (exact) mass is 350 g/mol. The Morgan fingerprint density at radius 2 is 1.81 bits per heavy atom. The van der Waals surface area contributed by atoms with Gasteiger partial charge in [0.15, 0.2) is 0 Å². The number of fused-ring (bicyclic) bond motifs is 1. The smallest absolute Gasteiger partial charge is 0.226 e. The van der Waals surface area contributed by atoms with Gasteiger partial charge in [-0.25, -0.2) is 4.98 Å². The molecule has 0 bridgehead atoms. The Morgan fingerprint density at radius 1 is 1.08 bits per heavy atom. The van der Waals surface area contributed by atoms with Crippen LogP contribution in [0, 0.1) is 0 Å². The number of nitrogens with one attached hydrogen (secondary N) is 2. The lowest BCUT2D eigenvalue weighted by Gasteiger charge is -2.10. The number of rotatable bonds is 6. The number of hydrogen-bond donors (Lipinski definition) is 2. The van der Waals surface area contributed by atoms with Gasteiger partial charge in [0.05, 0.1) is 17.5 Å². The number of aromatic nitrogens is 2. The van der Waals surface area contributed by atoms with Gasteiger partial charge in [0.25, 0.3) is 0 Å². The van der Waals surface area contributed by atoms with Gasteiger partial charge in [-0.2, -0.15) is 0 Å². The third-order valence-electron chi connectivity index (χ3n) is 4.12. The van der Waals surface area contributed by atoms with Crippen LogP contribution in [0.5, 0.6) is 0 Å². The molecule has 0 aliphatic rings. The highest BCUT2D eigenvalue weighted by molar-refractivity contribution is 5.91. The SMILES string of the molecule is CN(C)C(=O)Cc1ccc(NC(=O)CCc2nc3ccccc3[nH]2)cc1. The maximum absolute atomic E-state index is 12.1. The Labute approximate surface area is 152 Å². The van der Waals surface area contributed by atoms with Crippen molar-refractivity contribution in [3.8, 4) is 0 Å². The summed E-state index contributed by atoms with van der Waals surface area (Å²) in [5.74, 6) is 0.786. The number of carbonyl (C=O) groups excluding carboxylic acids is 2. The van der Waals surface area contributed by atoms with E-state index in [-0.39, 0.29) is 11.8 Å².